The third-order valence-electron chi connectivity index (χ3n) is 4.55. The second-order valence-corrected chi connectivity index (χ2v) is 6.07. The minimum absolute atomic E-state index is 0.283. The number of ether oxygens (including phenoxy) is 2. The van der Waals surface area contributed by atoms with Crippen LogP contribution in [-0.2, 0) is 9.47 Å². The third-order valence-corrected chi connectivity index (χ3v) is 4.55. The molecular formula is C16H25N3O2. The molecule has 2 aliphatic heterocycles. The maximum absolute atomic E-state index is 5.59. The highest BCUT2D eigenvalue weighted by Crippen LogP contribution is 2.33. The van der Waals surface area contributed by atoms with Crippen molar-refractivity contribution in [2.75, 3.05) is 33.4 Å². The fourth-order valence-corrected chi connectivity index (χ4v) is 3.20. The number of likely N-dealkylation sites (tertiary alicyclic amines) is 1. The zero-order valence-electron chi connectivity index (χ0n) is 13.2. The van der Waals surface area contributed by atoms with E-state index in [0.717, 1.165) is 56.4 Å². The Morgan fingerprint density at radius 1 is 1.48 bits per heavy atom. The van der Waals surface area contributed by atoms with Gasteiger partial charge in [0.05, 0.1) is 31.1 Å². The van der Waals surface area contributed by atoms with E-state index in [9.17, 15) is 0 Å². The fraction of sp³-hybridized carbons (Fsp3) is 0.688. The van der Waals surface area contributed by atoms with Crippen LogP contribution < -0.4 is 0 Å². The van der Waals surface area contributed by atoms with E-state index in [1.165, 1.54) is 5.57 Å². The summed E-state index contributed by atoms with van der Waals surface area (Å²) < 4.78 is 11.1. The molecule has 0 amide bonds. The zero-order valence-corrected chi connectivity index (χ0v) is 13.2. The first-order valence-corrected chi connectivity index (χ1v) is 7.73. The van der Waals surface area contributed by atoms with E-state index >= 15 is 0 Å². The molecule has 116 valence electrons. The van der Waals surface area contributed by atoms with Crippen LogP contribution in [0, 0.1) is 13.8 Å². The van der Waals surface area contributed by atoms with E-state index in [-0.39, 0.29) is 6.10 Å². The number of H-pyrrole nitrogens is 1. The molecular weight excluding hydrogens is 266 g/mol. The number of nitrogens with zero attached hydrogens (tertiary/aromatic N) is 2. The molecule has 1 N–H and O–H groups in total. The van der Waals surface area contributed by atoms with Crippen molar-refractivity contribution in [1.82, 2.24) is 14.9 Å². The van der Waals surface area contributed by atoms with E-state index in [0.29, 0.717) is 6.04 Å². The maximum Gasteiger partial charge on any atom is 0.124 e. The quantitative estimate of drug-likeness (QED) is 0.864. The number of aromatic nitrogens is 2. The molecule has 5 heteroatoms. The Balaban J connectivity index is 1.77. The van der Waals surface area contributed by atoms with Crippen molar-refractivity contribution in [2.24, 2.45) is 0 Å². The first kappa shape index (κ1) is 14.8. The molecule has 0 saturated carbocycles. The molecule has 0 aliphatic carbocycles. The van der Waals surface area contributed by atoms with Crippen LogP contribution in [0.1, 0.15) is 36.1 Å². The van der Waals surface area contributed by atoms with Crippen LogP contribution in [0.15, 0.2) is 11.6 Å². The zero-order chi connectivity index (χ0) is 14.8. The highest BCUT2D eigenvalue weighted by Gasteiger charge is 2.35. The van der Waals surface area contributed by atoms with Gasteiger partial charge in [-0.1, -0.05) is 6.08 Å². The minimum Gasteiger partial charge on any atom is -0.380 e. The summed E-state index contributed by atoms with van der Waals surface area (Å²) in [5, 5.41) is 0. The molecule has 0 unspecified atom stereocenters. The van der Waals surface area contributed by atoms with E-state index in [2.05, 4.69) is 29.8 Å². The van der Waals surface area contributed by atoms with Crippen molar-refractivity contribution < 1.29 is 9.47 Å². The summed E-state index contributed by atoms with van der Waals surface area (Å²) in [6.07, 6.45) is 4.63. The van der Waals surface area contributed by atoms with Crippen LogP contribution in [-0.4, -0.2) is 54.4 Å². The minimum atomic E-state index is 0.283. The third kappa shape index (κ3) is 3.20. The molecule has 0 radical (unpaired) electrons. The topological polar surface area (TPSA) is 50.4 Å². The first-order valence-electron chi connectivity index (χ1n) is 7.73. The van der Waals surface area contributed by atoms with E-state index in [4.69, 9.17) is 14.5 Å². The lowest BCUT2D eigenvalue weighted by atomic mass is 10.1. The van der Waals surface area contributed by atoms with Crippen molar-refractivity contribution in [2.45, 2.75) is 38.8 Å². The van der Waals surface area contributed by atoms with Gasteiger partial charge >= 0.3 is 0 Å². The van der Waals surface area contributed by atoms with Gasteiger partial charge in [0.25, 0.3) is 0 Å². The number of methoxy groups -OCH3 is 1. The molecule has 0 spiro atoms. The van der Waals surface area contributed by atoms with Crippen molar-refractivity contribution >= 4 is 0 Å². The molecule has 3 rings (SSSR count). The predicted octanol–water partition coefficient (Wildman–Crippen LogP) is 2.14. The van der Waals surface area contributed by atoms with Crippen molar-refractivity contribution in [3.63, 3.8) is 0 Å². The number of aryl methyl sites for hydroxylation is 2. The number of imidazole rings is 1. The van der Waals surface area contributed by atoms with Crippen LogP contribution in [0.25, 0.3) is 0 Å². The van der Waals surface area contributed by atoms with Gasteiger partial charge in [-0.3, -0.25) is 4.90 Å². The van der Waals surface area contributed by atoms with Crippen molar-refractivity contribution in [3.05, 3.63) is 28.9 Å². The van der Waals surface area contributed by atoms with E-state index in [1.54, 1.807) is 7.11 Å². The van der Waals surface area contributed by atoms with Crippen molar-refractivity contribution in [1.29, 1.82) is 0 Å². The van der Waals surface area contributed by atoms with Gasteiger partial charge in [0, 0.05) is 25.9 Å². The largest absolute Gasteiger partial charge is 0.380 e. The normalized spacial score (nSPS) is 27.1. The second-order valence-electron chi connectivity index (χ2n) is 6.07. The Morgan fingerprint density at radius 3 is 2.95 bits per heavy atom. The lowest BCUT2D eigenvalue weighted by molar-refractivity contribution is 0.107. The Hall–Kier alpha value is -1.17. The molecule has 5 nitrogen and oxygen atoms in total. The number of rotatable bonds is 4. The Labute approximate surface area is 126 Å². The summed E-state index contributed by atoms with van der Waals surface area (Å²) in [6, 6.07) is 0.310. The highest BCUT2D eigenvalue weighted by atomic mass is 16.5. The summed E-state index contributed by atoms with van der Waals surface area (Å²) in [5.74, 6) is 1.07. The smallest absolute Gasteiger partial charge is 0.124 e. The summed E-state index contributed by atoms with van der Waals surface area (Å²) >= 11 is 0. The Kier molecular flexibility index (Phi) is 4.42. The first-order chi connectivity index (χ1) is 10.2. The molecule has 3 heterocycles. The van der Waals surface area contributed by atoms with E-state index in [1.807, 2.05) is 0 Å². The lowest BCUT2D eigenvalue weighted by Gasteiger charge is -2.25. The Bertz CT molecular complexity index is 504. The molecule has 0 aromatic carbocycles. The van der Waals surface area contributed by atoms with Gasteiger partial charge in [-0.15, -0.1) is 0 Å². The second kappa shape index (κ2) is 6.30. The molecule has 1 saturated heterocycles. The maximum atomic E-state index is 5.59. The summed E-state index contributed by atoms with van der Waals surface area (Å²) in [4.78, 5) is 10.6. The average Bonchev–Trinajstić information content (AvgIpc) is 3.04. The van der Waals surface area contributed by atoms with Gasteiger partial charge in [0.2, 0.25) is 0 Å². The molecule has 21 heavy (non-hydrogen) atoms. The molecule has 1 fully saturated rings. The predicted molar refractivity (Wildman–Crippen MR) is 81.3 cm³/mol. The van der Waals surface area contributed by atoms with E-state index < -0.39 is 0 Å². The van der Waals surface area contributed by atoms with Crippen LogP contribution in [0.5, 0.6) is 0 Å². The highest BCUT2D eigenvalue weighted by molar-refractivity contribution is 5.16. The standard InChI is InChI=1S/C16H25N3O2/c1-11-12(2)18-16(17-11)15-7-14(20-3)9-19(15)8-13-5-4-6-21-10-13/h5,14-15H,4,6-10H2,1-3H3,(H,17,18)/t14-,15+/m1/s1. The summed E-state index contributed by atoms with van der Waals surface area (Å²) in [6.45, 7) is 7.65. The van der Waals surface area contributed by atoms with Gasteiger partial charge in [-0.25, -0.2) is 4.98 Å². The Morgan fingerprint density at radius 2 is 2.33 bits per heavy atom. The average molecular weight is 291 g/mol. The van der Waals surface area contributed by atoms with Gasteiger partial charge in [-0.2, -0.15) is 0 Å². The van der Waals surface area contributed by atoms with Crippen LogP contribution >= 0.6 is 0 Å². The van der Waals surface area contributed by atoms with Crippen molar-refractivity contribution in [3.8, 4) is 0 Å². The SMILES string of the molecule is CO[C@@H]1C[C@@H](c2nc(C)c(C)[nH]2)N(CC2=CCCOC2)C1. The van der Waals surface area contributed by atoms with Crippen LogP contribution in [0.2, 0.25) is 0 Å². The van der Waals surface area contributed by atoms with Gasteiger partial charge < -0.3 is 14.5 Å². The van der Waals surface area contributed by atoms with Gasteiger partial charge in [0.15, 0.2) is 0 Å². The molecule has 2 aliphatic rings. The molecule has 2 atom stereocenters. The monoisotopic (exact) mass is 291 g/mol. The molecule has 1 aromatic rings. The number of aromatic amines is 1. The summed E-state index contributed by atoms with van der Waals surface area (Å²) in [7, 11) is 1.80. The van der Waals surface area contributed by atoms with Gasteiger partial charge in [0.1, 0.15) is 5.82 Å². The number of nitrogens with one attached hydrogen (secondary N) is 1. The van der Waals surface area contributed by atoms with Gasteiger partial charge in [-0.05, 0) is 32.3 Å². The van der Waals surface area contributed by atoms with Crippen LogP contribution in [0.3, 0.4) is 0 Å². The number of hydrogen-bond acceptors (Lipinski definition) is 4. The molecule has 1 aromatic heterocycles. The lowest BCUT2D eigenvalue weighted by Crippen LogP contribution is -2.29. The summed E-state index contributed by atoms with van der Waals surface area (Å²) in [5.41, 5.74) is 3.63. The number of hydrogen-bond donors (Lipinski definition) is 1. The molecule has 0 bridgehead atoms. The fourth-order valence-electron chi connectivity index (χ4n) is 3.20. The van der Waals surface area contributed by atoms with Crippen LogP contribution in [0.4, 0.5) is 0 Å².